The van der Waals surface area contributed by atoms with E-state index in [2.05, 4.69) is 5.32 Å². The molecule has 4 rings (SSSR count). The van der Waals surface area contributed by atoms with Crippen molar-refractivity contribution in [3.63, 3.8) is 0 Å². The molecule has 0 saturated carbocycles. The van der Waals surface area contributed by atoms with Gasteiger partial charge in [0.2, 0.25) is 0 Å². The summed E-state index contributed by atoms with van der Waals surface area (Å²) in [5.41, 5.74) is 4.26. The molecule has 0 unspecified atom stereocenters. The molecule has 0 aromatic heterocycles. The molecule has 124 valence electrons. The third-order valence-corrected chi connectivity index (χ3v) is 4.50. The molecule has 2 heterocycles. The van der Waals surface area contributed by atoms with Crippen LogP contribution in [0.15, 0.2) is 48.5 Å². The van der Waals surface area contributed by atoms with Crippen LogP contribution >= 0.6 is 0 Å². The summed E-state index contributed by atoms with van der Waals surface area (Å²) in [5.74, 6) is 0. The number of benzene rings is 2. The molecule has 5 nitrogen and oxygen atoms in total. The Hall–Kier alpha value is -2.37. The van der Waals surface area contributed by atoms with Gasteiger partial charge in [0.05, 0.1) is 26.4 Å². The normalized spacial score (nSPS) is 19.8. The Morgan fingerprint density at radius 3 is 2.79 bits per heavy atom. The Morgan fingerprint density at radius 2 is 1.92 bits per heavy atom. The van der Waals surface area contributed by atoms with E-state index in [1.807, 2.05) is 53.4 Å². The van der Waals surface area contributed by atoms with Crippen molar-refractivity contribution in [2.75, 3.05) is 25.0 Å². The molecule has 5 heteroatoms. The number of nitrogens with one attached hydrogen (secondary N) is 1. The smallest absolute Gasteiger partial charge is 0.322 e. The van der Waals surface area contributed by atoms with Crippen molar-refractivity contribution in [2.45, 2.75) is 19.3 Å². The lowest BCUT2D eigenvalue weighted by Crippen LogP contribution is -2.44. The lowest BCUT2D eigenvalue weighted by Gasteiger charge is -2.33. The van der Waals surface area contributed by atoms with E-state index in [1.165, 1.54) is 5.56 Å². The van der Waals surface area contributed by atoms with E-state index in [0.717, 1.165) is 16.8 Å². The molecule has 0 bridgehead atoms. The van der Waals surface area contributed by atoms with Crippen molar-refractivity contribution in [3.8, 4) is 0 Å². The molecule has 0 radical (unpaired) electrons. The number of amides is 2. The lowest BCUT2D eigenvalue weighted by molar-refractivity contribution is -0.0135. The maximum Gasteiger partial charge on any atom is 0.322 e. The summed E-state index contributed by atoms with van der Waals surface area (Å²) in [6, 6.07) is 15.9. The first-order valence-corrected chi connectivity index (χ1v) is 8.21. The lowest BCUT2D eigenvalue weighted by atomic mass is 10.1. The highest BCUT2D eigenvalue weighted by molar-refractivity contribution is 5.89. The second kappa shape index (κ2) is 6.63. The van der Waals surface area contributed by atoms with Crippen LogP contribution in [0.25, 0.3) is 0 Å². The third kappa shape index (κ3) is 3.13. The van der Waals surface area contributed by atoms with Crippen LogP contribution in [0.2, 0.25) is 0 Å². The zero-order valence-corrected chi connectivity index (χ0v) is 13.4. The largest absolute Gasteiger partial charge is 0.372 e. The van der Waals surface area contributed by atoms with E-state index in [4.69, 9.17) is 9.47 Å². The average Bonchev–Trinajstić information content (AvgIpc) is 3.10. The van der Waals surface area contributed by atoms with Crippen LogP contribution < -0.4 is 5.32 Å². The first kappa shape index (κ1) is 15.2. The molecule has 2 aromatic rings. The highest BCUT2D eigenvalue weighted by atomic mass is 16.5. The highest BCUT2D eigenvalue weighted by Crippen LogP contribution is 2.25. The van der Waals surface area contributed by atoms with Crippen LogP contribution in [0.5, 0.6) is 0 Å². The fourth-order valence-corrected chi connectivity index (χ4v) is 3.16. The molecule has 1 fully saturated rings. The molecule has 1 atom stereocenters. The molecule has 2 aliphatic heterocycles. The van der Waals surface area contributed by atoms with Gasteiger partial charge in [-0.2, -0.15) is 0 Å². The van der Waals surface area contributed by atoms with Gasteiger partial charge in [0, 0.05) is 12.2 Å². The Balaban J connectivity index is 1.42. The van der Waals surface area contributed by atoms with Crippen LogP contribution in [-0.2, 0) is 22.7 Å². The summed E-state index contributed by atoms with van der Waals surface area (Å²) >= 11 is 0. The predicted octanol–water partition coefficient (Wildman–Crippen LogP) is 3.32. The van der Waals surface area contributed by atoms with Gasteiger partial charge in [-0.15, -0.1) is 0 Å². The Labute approximate surface area is 141 Å². The maximum atomic E-state index is 12.6. The second-order valence-corrected chi connectivity index (χ2v) is 6.12. The SMILES string of the molecule is O=C(Nc1ccc2c(c1)COC2)N1CCO[C@@H](c2ccccc2)C1. The first-order chi connectivity index (χ1) is 11.8. The number of morpholine rings is 1. The number of rotatable bonds is 2. The molecule has 0 spiro atoms. The van der Waals surface area contributed by atoms with Crippen LogP contribution in [0, 0.1) is 0 Å². The van der Waals surface area contributed by atoms with E-state index in [9.17, 15) is 4.79 Å². The predicted molar refractivity (Wildman–Crippen MR) is 90.7 cm³/mol. The zero-order valence-electron chi connectivity index (χ0n) is 13.4. The summed E-state index contributed by atoms with van der Waals surface area (Å²) in [5, 5.41) is 2.99. The van der Waals surface area contributed by atoms with Gasteiger partial charge < -0.3 is 19.7 Å². The number of carbonyl (C=O) groups excluding carboxylic acids is 1. The Bertz CT molecular complexity index is 733. The summed E-state index contributed by atoms with van der Waals surface area (Å²) in [7, 11) is 0. The van der Waals surface area contributed by atoms with Gasteiger partial charge in [-0.25, -0.2) is 4.79 Å². The average molecular weight is 324 g/mol. The van der Waals surface area contributed by atoms with Crippen molar-refractivity contribution in [2.24, 2.45) is 0 Å². The molecule has 2 aromatic carbocycles. The quantitative estimate of drug-likeness (QED) is 0.922. The van der Waals surface area contributed by atoms with Crippen molar-refractivity contribution in [1.82, 2.24) is 4.90 Å². The van der Waals surface area contributed by atoms with Gasteiger partial charge in [-0.05, 0) is 28.8 Å². The fraction of sp³-hybridized carbons (Fsp3) is 0.316. The fourth-order valence-electron chi connectivity index (χ4n) is 3.16. The maximum absolute atomic E-state index is 12.6. The monoisotopic (exact) mass is 324 g/mol. The Kier molecular flexibility index (Phi) is 4.19. The number of carbonyl (C=O) groups is 1. The summed E-state index contributed by atoms with van der Waals surface area (Å²) < 4.78 is 11.2. The number of hydrogen-bond donors (Lipinski definition) is 1. The summed E-state index contributed by atoms with van der Waals surface area (Å²) in [6.45, 7) is 2.98. The molecular formula is C19H20N2O3. The summed E-state index contributed by atoms with van der Waals surface area (Å²) in [6.07, 6.45) is -0.0703. The van der Waals surface area contributed by atoms with Crippen LogP contribution in [0.1, 0.15) is 22.8 Å². The van der Waals surface area contributed by atoms with E-state index in [-0.39, 0.29) is 12.1 Å². The van der Waals surface area contributed by atoms with Gasteiger partial charge in [-0.3, -0.25) is 0 Å². The van der Waals surface area contributed by atoms with E-state index in [0.29, 0.717) is 32.9 Å². The standard InChI is InChI=1S/C19H20N2O3/c22-19(20-17-7-6-15-12-23-13-16(15)10-17)21-8-9-24-18(11-21)14-4-2-1-3-5-14/h1-7,10,18H,8-9,11-13H2,(H,20,22)/t18-/m1/s1. The van der Waals surface area contributed by atoms with Gasteiger partial charge in [0.25, 0.3) is 0 Å². The third-order valence-electron chi connectivity index (χ3n) is 4.50. The molecular weight excluding hydrogens is 304 g/mol. The van der Waals surface area contributed by atoms with Crippen molar-refractivity contribution >= 4 is 11.7 Å². The number of urea groups is 1. The van der Waals surface area contributed by atoms with Gasteiger partial charge in [-0.1, -0.05) is 36.4 Å². The molecule has 1 N–H and O–H groups in total. The zero-order chi connectivity index (χ0) is 16.4. The first-order valence-electron chi connectivity index (χ1n) is 8.21. The number of anilines is 1. The molecule has 2 amide bonds. The van der Waals surface area contributed by atoms with Crippen molar-refractivity contribution < 1.29 is 14.3 Å². The van der Waals surface area contributed by atoms with Crippen LogP contribution in [0.4, 0.5) is 10.5 Å². The van der Waals surface area contributed by atoms with Crippen molar-refractivity contribution in [1.29, 1.82) is 0 Å². The van der Waals surface area contributed by atoms with Gasteiger partial charge in [0.1, 0.15) is 6.10 Å². The minimum Gasteiger partial charge on any atom is -0.372 e. The van der Waals surface area contributed by atoms with Gasteiger partial charge in [0.15, 0.2) is 0 Å². The van der Waals surface area contributed by atoms with Crippen molar-refractivity contribution in [3.05, 3.63) is 65.2 Å². The minimum absolute atomic E-state index is 0.0703. The second-order valence-electron chi connectivity index (χ2n) is 6.12. The van der Waals surface area contributed by atoms with E-state index in [1.54, 1.807) is 0 Å². The van der Waals surface area contributed by atoms with E-state index >= 15 is 0 Å². The highest BCUT2D eigenvalue weighted by Gasteiger charge is 2.25. The summed E-state index contributed by atoms with van der Waals surface area (Å²) in [4.78, 5) is 14.4. The molecule has 24 heavy (non-hydrogen) atoms. The molecule has 2 aliphatic rings. The Morgan fingerprint density at radius 1 is 1.08 bits per heavy atom. The minimum atomic E-state index is -0.0851. The number of nitrogens with zero attached hydrogens (tertiary/aromatic N) is 1. The van der Waals surface area contributed by atoms with E-state index < -0.39 is 0 Å². The molecule has 1 saturated heterocycles. The van der Waals surface area contributed by atoms with Crippen LogP contribution in [-0.4, -0.2) is 30.6 Å². The van der Waals surface area contributed by atoms with Crippen LogP contribution in [0.3, 0.4) is 0 Å². The number of hydrogen-bond acceptors (Lipinski definition) is 3. The number of fused-ring (bicyclic) bond motifs is 1. The topological polar surface area (TPSA) is 50.8 Å². The van der Waals surface area contributed by atoms with Gasteiger partial charge >= 0.3 is 6.03 Å². The molecule has 0 aliphatic carbocycles. The number of ether oxygens (including phenoxy) is 2.